The van der Waals surface area contributed by atoms with Gasteiger partial charge in [-0.3, -0.25) is 4.79 Å². The Balaban J connectivity index is 1.78. The predicted octanol–water partition coefficient (Wildman–Crippen LogP) is 4.18. The van der Waals surface area contributed by atoms with Crippen LogP contribution in [-0.4, -0.2) is 11.7 Å². The number of rotatable bonds is 5. The number of hydrogen-bond donors (Lipinski definition) is 1. The first-order valence-electron chi connectivity index (χ1n) is 6.04. The number of thioether (sulfide) groups is 1. The lowest BCUT2D eigenvalue weighted by atomic mass is 10.1. The number of nitrogens with one attached hydrogen (secondary N) is 1. The molecule has 0 saturated carbocycles. The second-order valence-electron chi connectivity index (χ2n) is 4.19. The molecule has 1 aromatic carbocycles. The molecular formula is C14H12F3NOS2. The molecule has 0 aliphatic rings. The van der Waals surface area contributed by atoms with Crippen LogP contribution in [0.25, 0.3) is 0 Å². The Morgan fingerprint density at radius 3 is 2.48 bits per heavy atom. The zero-order valence-electron chi connectivity index (χ0n) is 10.8. The van der Waals surface area contributed by atoms with E-state index >= 15 is 0 Å². The van der Waals surface area contributed by atoms with Crippen molar-refractivity contribution >= 4 is 29.0 Å². The lowest BCUT2D eigenvalue weighted by Gasteiger charge is -2.08. The van der Waals surface area contributed by atoms with E-state index < -0.39 is 11.7 Å². The fourth-order valence-corrected chi connectivity index (χ4v) is 3.16. The first-order valence-corrected chi connectivity index (χ1v) is 7.91. The molecule has 7 heteroatoms. The first kappa shape index (κ1) is 15.9. The molecule has 0 unspecified atom stereocenters. The van der Waals surface area contributed by atoms with Crippen molar-refractivity contribution in [1.29, 1.82) is 0 Å². The minimum Gasteiger partial charge on any atom is -0.351 e. The molecule has 1 heterocycles. The van der Waals surface area contributed by atoms with Crippen molar-refractivity contribution in [2.75, 3.05) is 5.75 Å². The number of alkyl halides is 3. The van der Waals surface area contributed by atoms with Gasteiger partial charge in [0.05, 0.1) is 15.5 Å². The summed E-state index contributed by atoms with van der Waals surface area (Å²) in [5, 5.41) is 4.62. The molecule has 2 rings (SSSR count). The summed E-state index contributed by atoms with van der Waals surface area (Å²) in [6.45, 7) is 0.224. The highest BCUT2D eigenvalue weighted by Gasteiger charge is 2.29. The fourth-order valence-electron chi connectivity index (χ4n) is 1.55. The van der Waals surface area contributed by atoms with Crippen molar-refractivity contribution in [3.8, 4) is 0 Å². The van der Waals surface area contributed by atoms with Crippen LogP contribution in [0, 0.1) is 0 Å². The molecule has 0 atom stereocenters. The van der Waals surface area contributed by atoms with Crippen LogP contribution in [0.3, 0.4) is 0 Å². The van der Waals surface area contributed by atoms with Crippen molar-refractivity contribution in [2.24, 2.45) is 0 Å². The lowest BCUT2D eigenvalue weighted by Crippen LogP contribution is -2.24. The van der Waals surface area contributed by atoms with Gasteiger partial charge in [0, 0.05) is 6.54 Å². The number of thiophene rings is 1. The molecule has 2 aromatic rings. The standard InChI is InChI=1S/C14H12F3NOS2/c15-14(16,17)11-5-3-10(4-6-11)8-18-12(19)9-21-13-2-1-7-20-13/h1-7H,8-9H2,(H,18,19). The summed E-state index contributed by atoms with van der Waals surface area (Å²) >= 11 is 2.99. The van der Waals surface area contributed by atoms with Gasteiger partial charge < -0.3 is 5.32 Å². The summed E-state index contributed by atoms with van der Waals surface area (Å²) in [6, 6.07) is 8.61. The van der Waals surface area contributed by atoms with Gasteiger partial charge in [0.25, 0.3) is 0 Å². The van der Waals surface area contributed by atoms with Gasteiger partial charge in [0.2, 0.25) is 5.91 Å². The van der Waals surface area contributed by atoms with E-state index in [0.29, 0.717) is 11.3 Å². The second-order valence-corrected chi connectivity index (χ2v) is 6.42. The number of carbonyl (C=O) groups is 1. The van der Waals surface area contributed by atoms with Crippen LogP contribution in [0.2, 0.25) is 0 Å². The molecule has 0 aliphatic heterocycles. The summed E-state index contributed by atoms with van der Waals surface area (Å²) in [6.07, 6.45) is -4.33. The largest absolute Gasteiger partial charge is 0.416 e. The van der Waals surface area contributed by atoms with E-state index in [0.717, 1.165) is 16.3 Å². The lowest BCUT2D eigenvalue weighted by molar-refractivity contribution is -0.137. The van der Waals surface area contributed by atoms with Crippen molar-refractivity contribution < 1.29 is 18.0 Å². The van der Waals surface area contributed by atoms with Gasteiger partial charge in [-0.2, -0.15) is 13.2 Å². The smallest absolute Gasteiger partial charge is 0.351 e. The molecule has 1 aromatic heterocycles. The van der Waals surface area contributed by atoms with Gasteiger partial charge in [0.1, 0.15) is 0 Å². The van der Waals surface area contributed by atoms with Crippen LogP contribution < -0.4 is 5.32 Å². The maximum absolute atomic E-state index is 12.4. The second kappa shape index (κ2) is 7.00. The molecule has 1 amide bonds. The Bertz CT molecular complexity index is 579. The Morgan fingerprint density at radius 1 is 1.19 bits per heavy atom. The molecule has 21 heavy (non-hydrogen) atoms. The predicted molar refractivity (Wildman–Crippen MR) is 78.3 cm³/mol. The highest BCUT2D eigenvalue weighted by molar-refractivity contribution is 8.01. The summed E-state index contributed by atoms with van der Waals surface area (Å²) in [7, 11) is 0. The molecule has 0 saturated heterocycles. The van der Waals surface area contributed by atoms with Crippen molar-refractivity contribution in [1.82, 2.24) is 5.32 Å². The minimum atomic E-state index is -4.33. The van der Waals surface area contributed by atoms with E-state index in [1.165, 1.54) is 23.9 Å². The zero-order valence-corrected chi connectivity index (χ0v) is 12.4. The summed E-state index contributed by atoms with van der Waals surface area (Å²) in [4.78, 5) is 11.6. The average molecular weight is 331 g/mol. The number of benzene rings is 1. The molecule has 112 valence electrons. The van der Waals surface area contributed by atoms with E-state index in [2.05, 4.69) is 5.32 Å². The normalized spacial score (nSPS) is 11.4. The molecule has 0 spiro atoms. The van der Waals surface area contributed by atoms with Gasteiger partial charge in [0.15, 0.2) is 0 Å². The van der Waals surface area contributed by atoms with Crippen LogP contribution in [0.5, 0.6) is 0 Å². The Morgan fingerprint density at radius 2 is 1.90 bits per heavy atom. The monoisotopic (exact) mass is 331 g/mol. The maximum Gasteiger partial charge on any atom is 0.416 e. The third kappa shape index (κ3) is 5.09. The van der Waals surface area contributed by atoms with E-state index in [4.69, 9.17) is 0 Å². The van der Waals surface area contributed by atoms with Crippen LogP contribution in [0.4, 0.5) is 13.2 Å². The molecule has 2 nitrogen and oxygen atoms in total. The van der Waals surface area contributed by atoms with Crippen molar-refractivity contribution in [3.63, 3.8) is 0 Å². The van der Waals surface area contributed by atoms with Crippen LogP contribution in [0.15, 0.2) is 46.0 Å². The molecule has 1 N–H and O–H groups in total. The minimum absolute atomic E-state index is 0.145. The molecular weight excluding hydrogens is 319 g/mol. The number of halogens is 3. The number of hydrogen-bond acceptors (Lipinski definition) is 3. The van der Waals surface area contributed by atoms with E-state index in [1.54, 1.807) is 11.3 Å². The maximum atomic E-state index is 12.4. The Labute approximate surface area is 128 Å². The van der Waals surface area contributed by atoms with E-state index in [-0.39, 0.29) is 12.5 Å². The van der Waals surface area contributed by atoms with Gasteiger partial charge in [-0.05, 0) is 29.1 Å². The van der Waals surface area contributed by atoms with Crippen LogP contribution >= 0.6 is 23.1 Å². The van der Waals surface area contributed by atoms with Crippen molar-refractivity contribution in [3.05, 3.63) is 52.9 Å². The highest BCUT2D eigenvalue weighted by Crippen LogP contribution is 2.29. The topological polar surface area (TPSA) is 29.1 Å². The molecule has 0 fully saturated rings. The van der Waals surface area contributed by atoms with E-state index in [1.807, 2.05) is 17.5 Å². The number of carbonyl (C=O) groups excluding carboxylic acids is 1. The van der Waals surface area contributed by atoms with Gasteiger partial charge >= 0.3 is 6.18 Å². The van der Waals surface area contributed by atoms with Crippen LogP contribution in [0.1, 0.15) is 11.1 Å². The van der Waals surface area contributed by atoms with Gasteiger partial charge in [-0.15, -0.1) is 23.1 Å². The van der Waals surface area contributed by atoms with E-state index in [9.17, 15) is 18.0 Å². The first-order chi connectivity index (χ1) is 9.95. The Kier molecular flexibility index (Phi) is 5.30. The zero-order chi connectivity index (χ0) is 15.3. The van der Waals surface area contributed by atoms with Gasteiger partial charge in [-0.25, -0.2) is 0 Å². The fraction of sp³-hybridized carbons (Fsp3) is 0.214. The quantitative estimate of drug-likeness (QED) is 0.833. The average Bonchev–Trinajstić information content (AvgIpc) is 2.95. The highest BCUT2D eigenvalue weighted by atomic mass is 32.2. The number of amides is 1. The van der Waals surface area contributed by atoms with Crippen LogP contribution in [-0.2, 0) is 17.5 Å². The summed E-state index contributed by atoms with van der Waals surface area (Å²) < 4.78 is 38.2. The third-order valence-corrected chi connectivity index (χ3v) is 4.74. The van der Waals surface area contributed by atoms with Gasteiger partial charge in [-0.1, -0.05) is 18.2 Å². The molecule has 0 bridgehead atoms. The summed E-state index contributed by atoms with van der Waals surface area (Å²) in [5.41, 5.74) is -0.0525. The third-order valence-electron chi connectivity index (χ3n) is 2.61. The Hall–Kier alpha value is -1.47. The molecule has 0 radical (unpaired) electrons. The molecule has 0 aliphatic carbocycles. The SMILES string of the molecule is O=C(CSc1cccs1)NCc1ccc(C(F)(F)F)cc1. The summed E-state index contributed by atoms with van der Waals surface area (Å²) in [5.74, 6) is 0.148. The van der Waals surface area contributed by atoms with Crippen molar-refractivity contribution in [2.45, 2.75) is 16.9 Å².